The molecule has 2 unspecified atom stereocenters. The molecule has 0 aliphatic carbocycles. The maximum absolute atomic E-state index is 12.5. The van der Waals surface area contributed by atoms with Gasteiger partial charge in [-0.05, 0) is 46.5 Å². The quantitative estimate of drug-likeness (QED) is 0.255. The molecule has 0 bridgehead atoms. The topological polar surface area (TPSA) is 148 Å². The Morgan fingerprint density at radius 1 is 1.23 bits per heavy atom. The van der Waals surface area contributed by atoms with Gasteiger partial charge in [-0.2, -0.15) is 0 Å². The number of carbonyl (C=O) groups is 2. The van der Waals surface area contributed by atoms with Crippen molar-refractivity contribution in [1.29, 1.82) is 0 Å². The van der Waals surface area contributed by atoms with Crippen molar-refractivity contribution in [1.82, 2.24) is 10.0 Å². The van der Waals surface area contributed by atoms with E-state index in [9.17, 15) is 19.8 Å². The van der Waals surface area contributed by atoms with Gasteiger partial charge in [0.1, 0.15) is 11.6 Å². The van der Waals surface area contributed by atoms with Gasteiger partial charge in [0.2, 0.25) is 11.8 Å². The van der Waals surface area contributed by atoms with Gasteiger partial charge in [-0.3, -0.25) is 4.99 Å². The van der Waals surface area contributed by atoms with Gasteiger partial charge < -0.3 is 30.8 Å². The molecule has 0 spiro atoms. The summed E-state index contributed by atoms with van der Waals surface area (Å²) >= 11 is 0. The fourth-order valence-electron chi connectivity index (χ4n) is 2.38. The molecule has 1 heterocycles. The zero-order valence-electron chi connectivity index (χ0n) is 18.3. The van der Waals surface area contributed by atoms with E-state index in [1.54, 1.807) is 20.8 Å². The van der Waals surface area contributed by atoms with Crippen molar-refractivity contribution in [3.8, 4) is 11.8 Å². The van der Waals surface area contributed by atoms with E-state index in [1.807, 2.05) is 13.8 Å². The molecule has 10 heteroatoms. The highest BCUT2D eigenvalue weighted by molar-refractivity contribution is 5.82. The molecule has 1 amide bonds. The number of nitrogens with one attached hydrogen (secondary N) is 1. The summed E-state index contributed by atoms with van der Waals surface area (Å²) in [5.74, 6) is -0.953. The van der Waals surface area contributed by atoms with Crippen LogP contribution < -0.4 is 15.9 Å². The minimum atomic E-state index is -1.04. The monoisotopic (exact) mass is 426 g/mol. The Bertz CT molecular complexity index is 719. The lowest BCUT2D eigenvalue weighted by Gasteiger charge is -2.23. The second-order valence-electron chi connectivity index (χ2n) is 8.06. The summed E-state index contributed by atoms with van der Waals surface area (Å²) in [6.07, 6.45) is 1.58. The molecule has 0 aromatic carbocycles. The van der Waals surface area contributed by atoms with Crippen LogP contribution in [0.2, 0.25) is 0 Å². The van der Waals surface area contributed by atoms with Crippen LogP contribution in [-0.2, 0) is 9.53 Å². The van der Waals surface area contributed by atoms with Crippen molar-refractivity contribution >= 4 is 17.9 Å². The summed E-state index contributed by atoms with van der Waals surface area (Å²) in [6, 6.07) is 1.29. The Labute approximate surface area is 177 Å². The number of carbonyl (C=O) groups excluding carboxylic acids is 2. The summed E-state index contributed by atoms with van der Waals surface area (Å²) < 4.78 is 5.77. The molecule has 0 aliphatic heterocycles. The highest BCUT2D eigenvalue weighted by atomic mass is 16.7. The molecule has 1 aromatic heterocycles. The predicted octanol–water partition coefficient (Wildman–Crippen LogP) is 2.32. The molecule has 0 saturated heterocycles. The lowest BCUT2D eigenvalue weighted by atomic mass is 10.1. The van der Waals surface area contributed by atoms with Gasteiger partial charge in [0, 0.05) is 24.6 Å². The molecule has 170 valence electrons. The smallest absolute Gasteiger partial charge is 0.408 e. The van der Waals surface area contributed by atoms with Crippen molar-refractivity contribution in [3.05, 3.63) is 12.1 Å². The molecule has 0 fully saturated rings. The molecule has 1 rings (SSSR count). The fourth-order valence-corrected chi connectivity index (χ4v) is 2.38. The molecule has 0 aliphatic rings. The average molecular weight is 427 g/mol. The van der Waals surface area contributed by atoms with Crippen molar-refractivity contribution < 1.29 is 29.4 Å². The molecular weight excluding hydrogens is 392 g/mol. The van der Waals surface area contributed by atoms with Gasteiger partial charge >= 0.3 is 12.1 Å². The highest BCUT2D eigenvalue weighted by Gasteiger charge is 2.27. The number of rotatable bonds is 10. The number of amides is 1. The first kappa shape index (κ1) is 25.1. The number of hydrogen-bond donors (Lipinski definition) is 4. The van der Waals surface area contributed by atoms with Crippen LogP contribution in [0, 0.1) is 5.92 Å². The van der Waals surface area contributed by atoms with Crippen LogP contribution >= 0.6 is 0 Å². The Hall–Kier alpha value is -2.91. The third-order valence-corrected chi connectivity index (χ3v) is 4.27. The minimum absolute atomic E-state index is 0.212. The van der Waals surface area contributed by atoms with Crippen LogP contribution in [-0.4, -0.2) is 51.0 Å². The Kier molecular flexibility index (Phi) is 9.48. The number of nitrogens with zero attached hydrogens (tertiary/aromatic N) is 2. The zero-order valence-corrected chi connectivity index (χ0v) is 18.3. The van der Waals surface area contributed by atoms with E-state index in [0.717, 1.165) is 6.42 Å². The van der Waals surface area contributed by atoms with Crippen LogP contribution in [0.15, 0.2) is 17.1 Å². The summed E-state index contributed by atoms with van der Waals surface area (Å²) in [6.45, 7) is 9.65. The summed E-state index contributed by atoms with van der Waals surface area (Å²) in [7, 11) is 0. The fraction of sp³-hybridized carbons (Fsp3) is 0.650. The molecular formula is C20H34N4O6. The molecule has 2 atom stereocenters. The van der Waals surface area contributed by atoms with Crippen molar-refractivity contribution in [2.75, 3.05) is 6.54 Å². The number of aromatic hydroxyl groups is 2. The molecule has 5 N–H and O–H groups in total. The van der Waals surface area contributed by atoms with E-state index in [1.165, 1.54) is 12.1 Å². The van der Waals surface area contributed by atoms with E-state index in [0.29, 0.717) is 30.0 Å². The lowest BCUT2D eigenvalue weighted by Crippen LogP contribution is -2.46. The van der Waals surface area contributed by atoms with Gasteiger partial charge in [0.25, 0.3) is 0 Å². The first-order valence-corrected chi connectivity index (χ1v) is 10.1. The molecule has 30 heavy (non-hydrogen) atoms. The molecule has 1 aromatic rings. The third kappa shape index (κ3) is 8.62. The summed E-state index contributed by atoms with van der Waals surface area (Å²) in [4.78, 5) is 34.0. The SMILES string of the molecule is CCC(C)C(N)=NCCCCC(NC(=O)OC(C)(C)C)C(=O)On1c(O)ccc1O. The van der Waals surface area contributed by atoms with Gasteiger partial charge in [0.05, 0.1) is 5.84 Å². The van der Waals surface area contributed by atoms with Crippen LogP contribution in [0.4, 0.5) is 4.79 Å². The molecule has 0 saturated carbocycles. The first-order valence-electron chi connectivity index (χ1n) is 10.1. The van der Waals surface area contributed by atoms with Crippen molar-refractivity contribution in [3.63, 3.8) is 0 Å². The third-order valence-electron chi connectivity index (χ3n) is 4.27. The molecule has 10 nitrogen and oxygen atoms in total. The van der Waals surface area contributed by atoms with Gasteiger partial charge in [-0.1, -0.05) is 13.8 Å². The van der Waals surface area contributed by atoms with Gasteiger partial charge in [-0.15, -0.1) is 4.73 Å². The lowest BCUT2D eigenvalue weighted by molar-refractivity contribution is -0.148. The van der Waals surface area contributed by atoms with E-state index in [2.05, 4.69) is 10.3 Å². The number of aliphatic imine (C=N–C) groups is 1. The van der Waals surface area contributed by atoms with Crippen LogP contribution in [0.3, 0.4) is 0 Å². The predicted molar refractivity (Wildman–Crippen MR) is 112 cm³/mol. The average Bonchev–Trinajstić information content (AvgIpc) is 2.96. The summed E-state index contributed by atoms with van der Waals surface area (Å²) in [5, 5.41) is 21.8. The number of alkyl carbamates (subject to hydrolysis) is 1. The van der Waals surface area contributed by atoms with E-state index in [4.69, 9.17) is 15.3 Å². The largest absolute Gasteiger partial charge is 0.492 e. The van der Waals surface area contributed by atoms with Crippen molar-refractivity contribution in [2.45, 2.75) is 71.9 Å². The molecule has 0 radical (unpaired) electrons. The number of nitrogens with two attached hydrogens (primary N) is 1. The maximum atomic E-state index is 12.5. The number of amidine groups is 1. The number of hydrogen-bond acceptors (Lipinski definition) is 7. The second-order valence-corrected chi connectivity index (χ2v) is 8.06. The van der Waals surface area contributed by atoms with Crippen LogP contribution in [0.5, 0.6) is 11.8 Å². The van der Waals surface area contributed by atoms with Crippen molar-refractivity contribution in [2.24, 2.45) is 16.6 Å². The maximum Gasteiger partial charge on any atom is 0.408 e. The van der Waals surface area contributed by atoms with Crippen LogP contribution in [0.25, 0.3) is 0 Å². The Morgan fingerprint density at radius 2 is 1.83 bits per heavy atom. The number of aromatic nitrogens is 1. The van der Waals surface area contributed by atoms with Gasteiger partial charge in [0.15, 0.2) is 0 Å². The highest BCUT2D eigenvalue weighted by Crippen LogP contribution is 2.19. The zero-order chi connectivity index (χ0) is 22.9. The van der Waals surface area contributed by atoms with E-state index < -0.39 is 35.5 Å². The van der Waals surface area contributed by atoms with Crippen LogP contribution in [0.1, 0.15) is 60.3 Å². The van der Waals surface area contributed by atoms with Gasteiger partial charge in [-0.25, -0.2) is 9.59 Å². The number of unbranched alkanes of at least 4 members (excludes halogenated alkanes) is 1. The number of ether oxygens (including phenoxy) is 1. The Morgan fingerprint density at radius 3 is 2.37 bits per heavy atom. The van der Waals surface area contributed by atoms with E-state index >= 15 is 0 Å². The first-order chi connectivity index (χ1) is 13.9. The normalized spacial score (nSPS) is 14.1. The summed E-state index contributed by atoms with van der Waals surface area (Å²) in [5.41, 5.74) is 5.16. The minimum Gasteiger partial charge on any atom is -0.492 e. The standard InChI is InChI=1S/C20H34N4O6/c1-6-13(2)17(21)22-12-8-7-9-14(23-19(28)29-20(3,4)5)18(27)30-24-15(25)10-11-16(24)26/h10-11,13-14,25-26H,6-9,12H2,1-5H3,(H2,21,22)(H,23,28). The Balaban J connectivity index is 2.72. The second kappa shape index (κ2) is 11.3. The van der Waals surface area contributed by atoms with E-state index in [-0.39, 0.29) is 12.3 Å².